The number of hydrogen-bond acceptors (Lipinski definition) is 7. The number of hydrogen-bond donors (Lipinski definition) is 1. The van der Waals surface area contributed by atoms with Crippen LogP contribution in [0, 0.1) is 0 Å². The van der Waals surface area contributed by atoms with E-state index in [-0.39, 0.29) is 18.8 Å². The molecule has 158 valence electrons. The van der Waals surface area contributed by atoms with E-state index in [2.05, 4.69) is 0 Å². The average Bonchev–Trinajstić information content (AvgIpc) is 3.15. The number of fused-ring (bicyclic) bond motifs is 3. The van der Waals surface area contributed by atoms with Crippen LogP contribution in [-0.2, 0) is 34.9 Å². The van der Waals surface area contributed by atoms with Gasteiger partial charge in [0.1, 0.15) is 24.9 Å². The van der Waals surface area contributed by atoms with Gasteiger partial charge in [-0.3, -0.25) is 0 Å². The van der Waals surface area contributed by atoms with Crippen molar-refractivity contribution in [2.75, 3.05) is 18.9 Å². The summed E-state index contributed by atoms with van der Waals surface area (Å²) in [6.45, 7) is 4.80. The maximum atomic E-state index is 6.31. The lowest BCUT2D eigenvalue weighted by Gasteiger charge is -2.33. The molecule has 0 amide bonds. The number of anilines is 1. The van der Waals surface area contributed by atoms with Gasteiger partial charge in [-0.05, 0) is 37.0 Å². The van der Waals surface area contributed by atoms with Crippen molar-refractivity contribution in [3.8, 4) is 0 Å². The van der Waals surface area contributed by atoms with Gasteiger partial charge in [-0.1, -0.05) is 42.5 Å². The quantitative estimate of drug-likeness (QED) is 0.594. The second-order valence-corrected chi connectivity index (χ2v) is 8.42. The molecule has 5 rings (SSSR count). The molecule has 2 aromatic carbocycles. The molecule has 0 aliphatic carbocycles. The highest BCUT2D eigenvalue weighted by atomic mass is 16.9. The molecule has 0 aromatic heterocycles. The van der Waals surface area contributed by atoms with E-state index in [0.29, 0.717) is 18.9 Å². The number of nitrogen functional groups attached to an aromatic ring is 1. The van der Waals surface area contributed by atoms with Crippen LogP contribution in [0.4, 0.5) is 5.69 Å². The summed E-state index contributed by atoms with van der Waals surface area (Å²) in [5.74, 6) is -1.85. The molecule has 8 heteroatoms. The van der Waals surface area contributed by atoms with Crippen molar-refractivity contribution in [3.05, 3.63) is 60.2 Å². The van der Waals surface area contributed by atoms with Crippen LogP contribution < -0.4 is 11.2 Å². The fourth-order valence-electron chi connectivity index (χ4n) is 4.38. The van der Waals surface area contributed by atoms with E-state index in [1.807, 2.05) is 68.4 Å². The van der Waals surface area contributed by atoms with Crippen molar-refractivity contribution in [1.82, 2.24) is 0 Å². The highest BCUT2D eigenvalue weighted by molar-refractivity contribution is 6.61. The van der Waals surface area contributed by atoms with Gasteiger partial charge in [0.25, 0.3) is 0 Å². The van der Waals surface area contributed by atoms with Crippen LogP contribution in [0.1, 0.15) is 19.4 Å². The van der Waals surface area contributed by atoms with Gasteiger partial charge in [0.2, 0.25) is 5.79 Å². The highest BCUT2D eigenvalue weighted by Gasteiger charge is 2.67. The maximum Gasteiger partial charge on any atom is 0.494 e. The van der Waals surface area contributed by atoms with Gasteiger partial charge in [0.05, 0.1) is 13.2 Å². The summed E-state index contributed by atoms with van der Waals surface area (Å²) in [4.78, 5) is 0. The molecule has 2 N–H and O–H groups in total. The van der Waals surface area contributed by atoms with Crippen LogP contribution in [0.15, 0.2) is 54.6 Å². The molecule has 3 fully saturated rings. The Morgan fingerprint density at radius 1 is 1.10 bits per heavy atom. The van der Waals surface area contributed by atoms with Crippen molar-refractivity contribution >= 4 is 18.3 Å². The fourth-order valence-corrected chi connectivity index (χ4v) is 4.38. The first-order valence-electron chi connectivity index (χ1n) is 10.2. The van der Waals surface area contributed by atoms with Gasteiger partial charge >= 0.3 is 7.12 Å². The molecular formula is C22H26BNO6. The average molecular weight is 411 g/mol. The van der Waals surface area contributed by atoms with E-state index in [0.717, 1.165) is 11.0 Å². The van der Waals surface area contributed by atoms with Crippen LogP contribution in [0.25, 0.3) is 0 Å². The normalized spacial score (nSPS) is 32.1. The predicted octanol–water partition coefficient (Wildman–Crippen LogP) is 1.84. The first kappa shape index (κ1) is 20.0. The van der Waals surface area contributed by atoms with Crippen molar-refractivity contribution < 1.29 is 28.3 Å². The number of benzene rings is 2. The predicted molar refractivity (Wildman–Crippen MR) is 111 cm³/mol. The molecule has 0 saturated carbocycles. The lowest BCUT2D eigenvalue weighted by Crippen LogP contribution is -2.53. The molecule has 2 aromatic rings. The summed E-state index contributed by atoms with van der Waals surface area (Å²) in [6.07, 6.45) is -1.07. The molecule has 0 unspecified atom stereocenters. The van der Waals surface area contributed by atoms with Gasteiger partial charge in [-0.25, -0.2) is 0 Å². The van der Waals surface area contributed by atoms with E-state index >= 15 is 0 Å². The minimum absolute atomic E-state index is 0.231. The molecule has 0 radical (unpaired) electrons. The van der Waals surface area contributed by atoms with E-state index in [1.54, 1.807) is 0 Å². The van der Waals surface area contributed by atoms with Gasteiger partial charge in [0, 0.05) is 5.69 Å². The first-order valence-corrected chi connectivity index (χ1v) is 10.2. The molecule has 0 spiro atoms. The van der Waals surface area contributed by atoms with Crippen LogP contribution in [0.5, 0.6) is 0 Å². The topological polar surface area (TPSA) is 81.4 Å². The zero-order valence-corrected chi connectivity index (χ0v) is 17.2. The second kappa shape index (κ2) is 7.64. The molecular weight excluding hydrogens is 385 g/mol. The smallest absolute Gasteiger partial charge is 0.404 e. The highest BCUT2D eigenvalue weighted by Crippen LogP contribution is 2.47. The largest absolute Gasteiger partial charge is 0.494 e. The number of nitrogens with two attached hydrogens (primary N) is 1. The van der Waals surface area contributed by atoms with Crippen molar-refractivity contribution in [2.24, 2.45) is 0 Å². The summed E-state index contributed by atoms with van der Waals surface area (Å²) in [7, 11) is -0.535. The molecule has 3 aliphatic rings. The van der Waals surface area contributed by atoms with Gasteiger partial charge in [-0.2, -0.15) is 0 Å². The summed E-state index contributed by atoms with van der Waals surface area (Å²) in [5, 5.41) is 0. The Labute approximate surface area is 176 Å². The Bertz CT molecular complexity index is 896. The van der Waals surface area contributed by atoms with Crippen LogP contribution >= 0.6 is 0 Å². The maximum absolute atomic E-state index is 6.31. The third kappa shape index (κ3) is 3.75. The van der Waals surface area contributed by atoms with Gasteiger partial charge in [0.15, 0.2) is 5.79 Å². The van der Waals surface area contributed by atoms with E-state index < -0.39 is 24.8 Å². The minimum Gasteiger partial charge on any atom is -0.404 e. The molecule has 3 aliphatic heterocycles. The Kier molecular flexibility index (Phi) is 5.09. The summed E-state index contributed by atoms with van der Waals surface area (Å²) in [6, 6.07) is 17.5. The van der Waals surface area contributed by atoms with Crippen LogP contribution in [0.3, 0.4) is 0 Å². The Balaban J connectivity index is 1.32. The van der Waals surface area contributed by atoms with Gasteiger partial charge in [-0.15, -0.1) is 0 Å². The second-order valence-electron chi connectivity index (χ2n) is 8.42. The SMILES string of the molecule is CC1(C)O[C@H]2[C@@H]3OB(c4cccc(N)c4)OC[C@@H]3O[C@@]2(COCc2ccccc2)O1. The lowest BCUT2D eigenvalue weighted by molar-refractivity contribution is -0.282. The van der Waals surface area contributed by atoms with E-state index in [4.69, 9.17) is 34.0 Å². The first-order chi connectivity index (χ1) is 14.4. The van der Waals surface area contributed by atoms with Crippen molar-refractivity contribution in [3.63, 3.8) is 0 Å². The fraction of sp³-hybridized carbons (Fsp3) is 0.455. The molecule has 0 bridgehead atoms. The Morgan fingerprint density at radius 2 is 1.93 bits per heavy atom. The van der Waals surface area contributed by atoms with Crippen molar-refractivity contribution in [2.45, 2.75) is 50.3 Å². The minimum atomic E-state index is -1.04. The van der Waals surface area contributed by atoms with Crippen LogP contribution in [-0.4, -0.2) is 50.2 Å². The molecule has 3 saturated heterocycles. The standard InChI is InChI=1S/C22H26BNO6/c1-21(2)28-20-19-18(13-26-23(29-19)16-9-6-10-17(24)11-16)27-22(20,30-21)14-25-12-15-7-4-3-5-8-15/h3-11,18-20H,12-14,24H2,1-2H3/t18-,19+,20-,22-/m0/s1. The summed E-state index contributed by atoms with van der Waals surface area (Å²) in [5.41, 5.74) is 8.53. The third-order valence-corrected chi connectivity index (χ3v) is 5.57. The Hall–Kier alpha value is -1.94. The zero-order chi connectivity index (χ0) is 20.8. The third-order valence-electron chi connectivity index (χ3n) is 5.57. The monoisotopic (exact) mass is 411 g/mol. The zero-order valence-electron chi connectivity index (χ0n) is 17.2. The number of ether oxygens (including phenoxy) is 4. The molecule has 4 atom stereocenters. The van der Waals surface area contributed by atoms with Crippen LogP contribution in [0.2, 0.25) is 0 Å². The molecule has 3 heterocycles. The van der Waals surface area contributed by atoms with Gasteiger partial charge < -0.3 is 34.0 Å². The number of rotatable bonds is 5. The molecule has 7 nitrogen and oxygen atoms in total. The summed E-state index contributed by atoms with van der Waals surface area (Å²) >= 11 is 0. The van der Waals surface area contributed by atoms with E-state index in [9.17, 15) is 0 Å². The Morgan fingerprint density at radius 3 is 2.73 bits per heavy atom. The summed E-state index contributed by atoms with van der Waals surface area (Å²) < 4.78 is 37.0. The van der Waals surface area contributed by atoms with Crippen molar-refractivity contribution in [1.29, 1.82) is 0 Å². The molecule has 30 heavy (non-hydrogen) atoms. The van der Waals surface area contributed by atoms with E-state index in [1.165, 1.54) is 0 Å². The lowest BCUT2D eigenvalue weighted by atomic mass is 9.76.